The van der Waals surface area contributed by atoms with Gasteiger partial charge in [0.2, 0.25) is 0 Å². The summed E-state index contributed by atoms with van der Waals surface area (Å²) in [6, 6.07) is 11.7. The average molecular weight is 409 g/mol. The van der Waals surface area contributed by atoms with E-state index in [0.717, 1.165) is 0 Å². The van der Waals surface area contributed by atoms with Gasteiger partial charge in [0.05, 0.1) is 7.11 Å². The van der Waals surface area contributed by atoms with Gasteiger partial charge in [-0.2, -0.15) is 5.26 Å². The van der Waals surface area contributed by atoms with E-state index >= 15 is 0 Å². The molecule has 0 fully saturated rings. The maximum absolute atomic E-state index is 12.3. The van der Waals surface area contributed by atoms with Crippen LogP contribution in [0.5, 0.6) is 23.0 Å². The van der Waals surface area contributed by atoms with Crippen LogP contribution in [-0.4, -0.2) is 45.3 Å². The number of ketones is 1. The van der Waals surface area contributed by atoms with Crippen LogP contribution in [0.3, 0.4) is 0 Å². The molecule has 0 amide bonds. The van der Waals surface area contributed by atoms with E-state index in [-0.39, 0.29) is 12.4 Å². The van der Waals surface area contributed by atoms with Crippen molar-refractivity contribution in [1.29, 1.82) is 5.26 Å². The van der Waals surface area contributed by atoms with Crippen LogP contribution in [0.4, 0.5) is 0 Å². The SMILES string of the molecule is COc1cc(/C=C/C(=O)OCC(=O)c2ccc3c(c2)OCCO3)ccc1OCC#N. The van der Waals surface area contributed by atoms with Crippen molar-refractivity contribution in [3.8, 4) is 29.1 Å². The predicted octanol–water partition coefficient (Wildman–Crippen LogP) is 2.81. The van der Waals surface area contributed by atoms with Crippen molar-refractivity contribution in [1.82, 2.24) is 0 Å². The number of hydrogen-bond acceptors (Lipinski definition) is 8. The van der Waals surface area contributed by atoms with E-state index in [1.165, 1.54) is 19.3 Å². The molecule has 2 aromatic rings. The first kappa shape index (κ1) is 20.7. The molecule has 0 unspecified atom stereocenters. The highest BCUT2D eigenvalue weighted by atomic mass is 16.6. The maximum Gasteiger partial charge on any atom is 0.331 e. The van der Waals surface area contributed by atoms with E-state index < -0.39 is 12.6 Å². The number of methoxy groups -OCH3 is 1. The van der Waals surface area contributed by atoms with Crippen LogP contribution < -0.4 is 18.9 Å². The summed E-state index contributed by atoms with van der Waals surface area (Å²) in [6.07, 6.45) is 2.73. The Hall–Kier alpha value is -3.99. The highest BCUT2D eigenvalue weighted by molar-refractivity contribution is 5.99. The molecule has 0 aliphatic carbocycles. The van der Waals surface area contributed by atoms with E-state index in [0.29, 0.717) is 47.3 Å². The molecule has 1 aliphatic heterocycles. The van der Waals surface area contributed by atoms with Crippen LogP contribution in [0.15, 0.2) is 42.5 Å². The maximum atomic E-state index is 12.3. The normalized spacial score (nSPS) is 12.1. The topological polar surface area (TPSA) is 104 Å². The molecule has 154 valence electrons. The van der Waals surface area contributed by atoms with E-state index in [9.17, 15) is 9.59 Å². The molecule has 8 heteroatoms. The molecule has 1 aliphatic rings. The zero-order valence-corrected chi connectivity index (χ0v) is 16.3. The number of ether oxygens (including phenoxy) is 5. The van der Waals surface area contributed by atoms with Crippen molar-refractivity contribution in [2.24, 2.45) is 0 Å². The lowest BCUT2D eigenvalue weighted by atomic mass is 10.1. The fourth-order valence-electron chi connectivity index (χ4n) is 2.67. The van der Waals surface area contributed by atoms with Gasteiger partial charge in [0.1, 0.15) is 19.3 Å². The number of carbonyl (C=O) groups excluding carboxylic acids is 2. The van der Waals surface area contributed by atoms with Gasteiger partial charge >= 0.3 is 5.97 Å². The van der Waals surface area contributed by atoms with E-state index in [2.05, 4.69) is 0 Å². The third-order valence-electron chi connectivity index (χ3n) is 4.10. The standard InChI is InChI=1S/C22H19NO7/c1-26-20-12-15(2-5-18(20)27-9-8-23)3-7-22(25)30-14-17(24)16-4-6-19-21(13-16)29-11-10-28-19/h2-7,12-13H,9-11,14H2,1H3/b7-3+. The minimum absolute atomic E-state index is 0.102. The number of hydrogen-bond donors (Lipinski definition) is 0. The number of carbonyl (C=O) groups is 2. The second-order valence-corrected chi connectivity index (χ2v) is 6.08. The summed E-state index contributed by atoms with van der Waals surface area (Å²) in [7, 11) is 1.47. The summed E-state index contributed by atoms with van der Waals surface area (Å²) in [5.74, 6) is 0.907. The summed E-state index contributed by atoms with van der Waals surface area (Å²) in [5, 5.41) is 8.59. The van der Waals surface area contributed by atoms with Crippen molar-refractivity contribution < 1.29 is 33.3 Å². The van der Waals surface area contributed by atoms with Crippen LogP contribution in [0, 0.1) is 11.3 Å². The van der Waals surface area contributed by atoms with Gasteiger partial charge in [-0.15, -0.1) is 0 Å². The highest BCUT2D eigenvalue weighted by Gasteiger charge is 2.16. The number of Topliss-reactive ketones (excluding diaryl/α,β-unsaturated/α-hetero) is 1. The zero-order chi connectivity index (χ0) is 21.3. The van der Waals surface area contributed by atoms with E-state index in [4.69, 9.17) is 28.9 Å². The Kier molecular flexibility index (Phi) is 6.90. The molecule has 30 heavy (non-hydrogen) atoms. The highest BCUT2D eigenvalue weighted by Crippen LogP contribution is 2.31. The third-order valence-corrected chi connectivity index (χ3v) is 4.10. The molecule has 8 nitrogen and oxygen atoms in total. The van der Waals surface area contributed by atoms with Crippen molar-refractivity contribution in [2.75, 3.05) is 33.5 Å². The molecule has 0 radical (unpaired) electrons. The summed E-state index contributed by atoms with van der Waals surface area (Å²) in [5.41, 5.74) is 1.03. The van der Waals surface area contributed by atoms with Crippen LogP contribution in [0.25, 0.3) is 6.08 Å². The number of fused-ring (bicyclic) bond motifs is 1. The molecular weight excluding hydrogens is 390 g/mol. The van der Waals surface area contributed by atoms with Gasteiger partial charge in [0, 0.05) is 11.6 Å². The lowest BCUT2D eigenvalue weighted by Crippen LogP contribution is -2.17. The van der Waals surface area contributed by atoms with Crippen molar-refractivity contribution >= 4 is 17.8 Å². The molecule has 0 atom stereocenters. The van der Waals surface area contributed by atoms with Crippen molar-refractivity contribution in [3.05, 3.63) is 53.6 Å². The molecule has 0 saturated carbocycles. The van der Waals surface area contributed by atoms with Gasteiger partial charge in [-0.1, -0.05) is 6.07 Å². The molecule has 0 N–H and O–H groups in total. The van der Waals surface area contributed by atoms with Crippen LogP contribution in [0.1, 0.15) is 15.9 Å². The minimum Gasteiger partial charge on any atom is -0.493 e. The van der Waals surface area contributed by atoms with E-state index in [1.54, 1.807) is 36.4 Å². The predicted molar refractivity (Wildman–Crippen MR) is 106 cm³/mol. The molecule has 2 aromatic carbocycles. The van der Waals surface area contributed by atoms with Gasteiger partial charge in [0.25, 0.3) is 0 Å². The summed E-state index contributed by atoms with van der Waals surface area (Å²) in [6.45, 7) is 0.384. The Morgan fingerprint density at radius 1 is 1.10 bits per heavy atom. The second kappa shape index (κ2) is 9.98. The number of rotatable bonds is 8. The first-order chi connectivity index (χ1) is 14.6. The summed E-state index contributed by atoms with van der Waals surface area (Å²) < 4.78 is 26.3. The van der Waals surface area contributed by atoms with Crippen molar-refractivity contribution in [2.45, 2.75) is 0 Å². The average Bonchev–Trinajstić information content (AvgIpc) is 2.79. The second-order valence-electron chi connectivity index (χ2n) is 6.08. The number of benzene rings is 2. The molecular formula is C22H19NO7. The fourth-order valence-corrected chi connectivity index (χ4v) is 2.67. The summed E-state index contributed by atoms with van der Waals surface area (Å²) in [4.78, 5) is 24.2. The largest absolute Gasteiger partial charge is 0.493 e. The minimum atomic E-state index is -0.662. The smallest absolute Gasteiger partial charge is 0.331 e. The first-order valence-corrected chi connectivity index (χ1v) is 9.06. The number of nitrogens with zero attached hydrogens (tertiary/aromatic N) is 1. The van der Waals surface area contributed by atoms with E-state index in [1.807, 2.05) is 6.07 Å². The third kappa shape index (κ3) is 5.29. The van der Waals surface area contributed by atoms with Crippen LogP contribution in [-0.2, 0) is 9.53 Å². The van der Waals surface area contributed by atoms with Gasteiger partial charge in [-0.25, -0.2) is 4.79 Å². The first-order valence-electron chi connectivity index (χ1n) is 9.06. The van der Waals surface area contributed by atoms with Crippen LogP contribution in [0.2, 0.25) is 0 Å². The Morgan fingerprint density at radius 3 is 2.67 bits per heavy atom. The lowest BCUT2D eigenvalue weighted by Gasteiger charge is -2.18. The Balaban J connectivity index is 1.56. The summed E-state index contributed by atoms with van der Waals surface area (Å²) >= 11 is 0. The number of esters is 1. The van der Waals surface area contributed by atoms with Crippen LogP contribution >= 0.6 is 0 Å². The molecule has 0 bridgehead atoms. The molecule has 1 heterocycles. The molecule has 3 rings (SSSR count). The van der Waals surface area contributed by atoms with Gasteiger partial charge < -0.3 is 23.7 Å². The molecule has 0 aromatic heterocycles. The number of nitriles is 1. The van der Waals surface area contributed by atoms with Gasteiger partial charge in [0.15, 0.2) is 42.0 Å². The van der Waals surface area contributed by atoms with Gasteiger partial charge in [-0.05, 0) is 42.0 Å². The quantitative estimate of drug-likeness (QED) is 0.372. The Morgan fingerprint density at radius 2 is 1.90 bits per heavy atom. The monoisotopic (exact) mass is 409 g/mol. The van der Waals surface area contributed by atoms with Crippen molar-refractivity contribution in [3.63, 3.8) is 0 Å². The molecule has 0 spiro atoms. The van der Waals surface area contributed by atoms with Gasteiger partial charge in [-0.3, -0.25) is 4.79 Å². The Bertz CT molecular complexity index is 1010. The lowest BCUT2D eigenvalue weighted by molar-refractivity contribution is -0.136. The fraction of sp³-hybridized carbons (Fsp3) is 0.227. The Labute approximate surface area is 173 Å². The molecule has 0 saturated heterocycles. The zero-order valence-electron chi connectivity index (χ0n) is 16.3.